The maximum atomic E-state index is 11.2. The summed E-state index contributed by atoms with van der Waals surface area (Å²) in [6, 6.07) is 2.85. The molecule has 1 N–H and O–H groups in total. The second kappa shape index (κ2) is 4.89. The van der Waals surface area contributed by atoms with Crippen molar-refractivity contribution in [1.29, 1.82) is 5.26 Å². The van der Waals surface area contributed by atoms with E-state index < -0.39 is 16.4 Å². The van der Waals surface area contributed by atoms with Gasteiger partial charge in [-0.25, -0.2) is 9.78 Å². The molecular formula is C11H12N4O4. The number of likely N-dealkylation sites (N-methyl/N-ethyl adjacent to an activating group) is 1. The lowest BCUT2D eigenvalue weighted by Gasteiger charge is -2.32. The van der Waals surface area contributed by atoms with Crippen LogP contribution in [0.1, 0.15) is 19.4 Å². The number of aromatic nitrogens is 1. The number of carboxylic acid groups (broad SMARTS) is 1. The molecule has 0 aromatic carbocycles. The van der Waals surface area contributed by atoms with E-state index in [-0.39, 0.29) is 17.1 Å². The fraction of sp³-hybridized carbons (Fsp3) is 0.364. The van der Waals surface area contributed by atoms with E-state index in [2.05, 4.69) is 4.98 Å². The van der Waals surface area contributed by atoms with Gasteiger partial charge in [0.15, 0.2) is 0 Å². The van der Waals surface area contributed by atoms with Gasteiger partial charge in [-0.15, -0.1) is 0 Å². The number of hydrogen-bond acceptors (Lipinski definition) is 6. The van der Waals surface area contributed by atoms with Crippen molar-refractivity contribution in [1.82, 2.24) is 4.98 Å². The molecule has 0 fully saturated rings. The van der Waals surface area contributed by atoms with Gasteiger partial charge in [-0.05, 0) is 13.8 Å². The topological polar surface area (TPSA) is 120 Å². The molecule has 0 amide bonds. The predicted octanol–water partition coefficient (Wildman–Crippen LogP) is 1.16. The van der Waals surface area contributed by atoms with Crippen LogP contribution in [-0.4, -0.2) is 33.6 Å². The van der Waals surface area contributed by atoms with Crippen LogP contribution in [0.15, 0.2) is 12.3 Å². The highest BCUT2D eigenvalue weighted by atomic mass is 16.6. The Morgan fingerprint density at radius 3 is 2.63 bits per heavy atom. The van der Waals surface area contributed by atoms with Crippen LogP contribution in [0.3, 0.4) is 0 Å². The molecule has 0 aliphatic heterocycles. The molecule has 0 spiro atoms. The van der Waals surface area contributed by atoms with E-state index in [1.807, 2.05) is 0 Å². The Labute approximate surface area is 109 Å². The second-order valence-corrected chi connectivity index (χ2v) is 4.36. The minimum absolute atomic E-state index is 0.0500. The zero-order chi connectivity index (χ0) is 14.8. The Morgan fingerprint density at radius 1 is 1.63 bits per heavy atom. The minimum Gasteiger partial charge on any atom is -0.480 e. The lowest BCUT2D eigenvalue weighted by atomic mass is 10.0. The number of nitro groups is 1. The van der Waals surface area contributed by atoms with Crippen LogP contribution in [0.4, 0.5) is 11.5 Å². The number of carbonyl (C=O) groups is 1. The number of pyridine rings is 1. The molecule has 0 unspecified atom stereocenters. The first kappa shape index (κ1) is 14.4. The quantitative estimate of drug-likeness (QED) is 0.639. The van der Waals surface area contributed by atoms with Crippen LogP contribution >= 0.6 is 0 Å². The Bertz CT molecular complexity index is 577. The molecule has 8 nitrogen and oxygen atoms in total. The van der Waals surface area contributed by atoms with Crippen LogP contribution in [0.2, 0.25) is 0 Å². The highest BCUT2D eigenvalue weighted by Crippen LogP contribution is 2.26. The summed E-state index contributed by atoms with van der Waals surface area (Å²) in [5.41, 5.74) is -1.66. The van der Waals surface area contributed by atoms with Gasteiger partial charge in [0.25, 0.3) is 5.69 Å². The maximum Gasteiger partial charge on any atom is 0.328 e. The molecule has 0 aliphatic rings. The Balaban J connectivity index is 3.33. The summed E-state index contributed by atoms with van der Waals surface area (Å²) in [5.74, 6) is -1.01. The standard InChI is InChI=1S/C11H12N4O4/c1-11(2,10(16)17)14(3)9-7(5-12)4-8(6-13-9)15(18)19/h4,6H,1-3H3,(H,16,17). The van der Waals surface area contributed by atoms with Gasteiger partial charge in [0.1, 0.15) is 29.2 Å². The van der Waals surface area contributed by atoms with E-state index in [1.54, 1.807) is 6.07 Å². The Kier molecular flexibility index (Phi) is 3.70. The molecule has 0 radical (unpaired) electrons. The zero-order valence-corrected chi connectivity index (χ0v) is 10.6. The van der Waals surface area contributed by atoms with E-state index in [0.717, 1.165) is 12.3 Å². The van der Waals surface area contributed by atoms with Gasteiger partial charge < -0.3 is 10.0 Å². The number of anilines is 1. The van der Waals surface area contributed by atoms with Crippen molar-refractivity contribution in [3.63, 3.8) is 0 Å². The molecule has 19 heavy (non-hydrogen) atoms. The van der Waals surface area contributed by atoms with Crippen molar-refractivity contribution in [3.05, 3.63) is 27.9 Å². The predicted molar refractivity (Wildman–Crippen MR) is 65.7 cm³/mol. The molecule has 0 saturated carbocycles. The molecule has 0 saturated heterocycles. The van der Waals surface area contributed by atoms with Crippen molar-refractivity contribution in [2.75, 3.05) is 11.9 Å². The van der Waals surface area contributed by atoms with Gasteiger partial charge in [0.2, 0.25) is 0 Å². The van der Waals surface area contributed by atoms with E-state index in [1.165, 1.54) is 25.8 Å². The van der Waals surface area contributed by atoms with Crippen LogP contribution in [0, 0.1) is 21.4 Å². The van der Waals surface area contributed by atoms with E-state index in [9.17, 15) is 14.9 Å². The molecule has 8 heteroatoms. The van der Waals surface area contributed by atoms with Crippen molar-refractivity contribution in [2.45, 2.75) is 19.4 Å². The summed E-state index contributed by atoms with van der Waals surface area (Å²) >= 11 is 0. The summed E-state index contributed by atoms with van der Waals surface area (Å²) < 4.78 is 0. The van der Waals surface area contributed by atoms with Gasteiger partial charge in [-0.3, -0.25) is 10.1 Å². The molecule has 1 rings (SSSR count). The molecular weight excluding hydrogens is 252 g/mol. The van der Waals surface area contributed by atoms with Crippen molar-refractivity contribution in [3.8, 4) is 6.07 Å². The minimum atomic E-state index is -1.30. The highest BCUT2D eigenvalue weighted by Gasteiger charge is 2.34. The third kappa shape index (κ3) is 2.60. The number of rotatable bonds is 4. The fourth-order valence-corrected chi connectivity index (χ4v) is 1.30. The largest absolute Gasteiger partial charge is 0.480 e. The van der Waals surface area contributed by atoms with Gasteiger partial charge in [-0.2, -0.15) is 5.26 Å². The third-order valence-corrected chi connectivity index (χ3v) is 2.86. The SMILES string of the molecule is CN(c1ncc([N+](=O)[O-])cc1C#N)C(C)(C)C(=O)O. The number of hydrogen-bond donors (Lipinski definition) is 1. The van der Waals surface area contributed by atoms with E-state index >= 15 is 0 Å². The number of nitrogens with zero attached hydrogens (tertiary/aromatic N) is 4. The average Bonchev–Trinajstić information content (AvgIpc) is 2.36. The first-order valence-electron chi connectivity index (χ1n) is 5.23. The smallest absolute Gasteiger partial charge is 0.328 e. The first-order chi connectivity index (χ1) is 8.71. The monoisotopic (exact) mass is 264 g/mol. The van der Waals surface area contributed by atoms with E-state index in [4.69, 9.17) is 10.4 Å². The average molecular weight is 264 g/mol. The van der Waals surface area contributed by atoms with Gasteiger partial charge in [0.05, 0.1) is 4.92 Å². The van der Waals surface area contributed by atoms with Crippen LogP contribution in [-0.2, 0) is 4.79 Å². The summed E-state index contributed by atoms with van der Waals surface area (Å²) in [4.78, 5) is 26.2. The first-order valence-corrected chi connectivity index (χ1v) is 5.23. The van der Waals surface area contributed by atoms with E-state index in [0.29, 0.717) is 0 Å². The van der Waals surface area contributed by atoms with Crippen molar-refractivity contribution < 1.29 is 14.8 Å². The molecule has 1 heterocycles. The van der Waals surface area contributed by atoms with Gasteiger partial charge in [0, 0.05) is 13.1 Å². The van der Waals surface area contributed by atoms with Crippen molar-refractivity contribution in [2.24, 2.45) is 0 Å². The van der Waals surface area contributed by atoms with Crippen LogP contribution in [0.5, 0.6) is 0 Å². The summed E-state index contributed by atoms with van der Waals surface area (Å²) in [6.45, 7) is 2.89. The summed E-state index contributed by atoms with van der Waals surface area (Å²) in [7, 11) is 1.46. The van der Waals surface area contributed by atoms with Crippen LogP contribution < -0.4 is 4.90 Å². The van der Waals surface area contributed by atoms with Crippen LogP contribution in [0.25, 0.3) is 0 Å². The fourth-order valence-electron chi connectivity index (χ4n) is 1.30. The lowest BCUT2D eigenvalue weighted by Crippen LogP contribution is -2.48. The maximum absolute atomic E-state index is 11.2. The molecule has 1 aromatic heterocycles. The Morgan fingerprint density at radius 2 is 2.21 bits per heavy atom. The molecule has 1 aromatic rings. The molecule has 0 atom stereocenters. The number of nitriles is 1. The molecule has 0 bridgehead atoms. The van der Waals surface area contributed by atoms with Gasteiger partial charge >= 0.3 is 5.97 Å². The summed E-state index contributed by atoms with van der Waals surface area (Å²) in [6.07, 6.45) is 0.991. The number of carboxylic acids is 1. The Hall–Kier alpha value is -2.69. The number of aliphatic carboxylic acids is 1. The van der Waals surface area contributed by atoms with Gasteiger partial charge in [-0.1, -0.05) is 0 Å². The van der Waals surface area contributed by atoms with Crippen molar-refractivity contribution >= 4 is 17.5 Å². The normalized spacial score (nSPS) is 10.6. The molecule has 0 aliphatic carbocycles. The summed E-state index contributed by atoms with van der Waals surface area (Å²) in [5, 5.41) is 28.7. The zero-order valence-electron chi connectivity index (χ0n) is 10.6. The lowest BCUT2D eigenvalue weighted by molar-refractivity contribution is -0.385. The molecule has 100 valence electrons. The highest BCUT2D eigenvalue weighted by molar-refractivity contribution is 5.82. The second-order valence-electron chi connectivity index (χ2n) is 4.36. The third-order valence-electron chi connectivity index (χ3n) is 2.86.